The molecule has 14 heavy (non-hydrogen) atoms. The van der Waals surface area contributed by atoms with Crippen LogP contribution in [0.5, 0.6) is 0 Å². The maximum Gasteiger partial charge on any atom is 0.303 e. The SMILES string of the molecule is CCC(CC(=O)O)C(C)CCC(=O)O. The topological polar surface area (TPSA) is 74.6 Å². The lowest BCUT2D eigenvalue weighted by Gasteiger charge is -2.19. The quantitative estimate of drug-likeness (QED) is 0.662. The van der Waals surface area contributed by atoms with E-state index in [4.69, 9.17) is 10.2 Å². The summed E-state index contributed by atoms with van der Waals surface area (Å²) in [7, 11) is 0. The van der Waals surface area contributed by atoms with Crippen LogP contribution in [-0.4, -0.2) is 22.2 Å². The van der Waals surface area contributed by atoms with Crippen molar-refractivity contribution in [3.63, 3.8) is 0 Å². The minimum atomic E-state index is -0.818. The number of aliphatic carboxylic acids is 2. The Balaban J connectivity index is 3.96. The number of hydrogen-bond donors (Lipinski definition) is 2. The van der Waals surface area contributed by atoms with E-state index in [2.05, 4.69) is 0 Å². The van der Waals surface area contributed by atoms with Gasteiger partial charge in [-0.25, -0.2) is 0 Å². The van der Waals surface area contributed by atoms with Gasteiger partial charge >= 0.3 is 11.9 Å². The van der Waals surface area contributed by atoms with E-state index in [-0.39, 0.29) is 24.7 Å². The molecule has 0 bridgehead atoms. The van der Waals surface area contributed by atoms with E-state index in [9.17, 15) is 9.59 Å². The number of hydrogen-bond acceptors (Lipinski definition) is 2. The lowest BCUT2D eigenvalue weighted by atomic mass is 9.85. The molecule has 0 radical (unpaired) electrons. The average molecular weight is 202 g/mol. The van der Waals surface area contributed by atoms with Gasteiger partial charge in [0.15, 0.2) is 0 Å². The molecule has 82 valence electrons. The van der Waals surface area contributed by atoms with Crippen LogP contribution in [0.3, 0.4) is 0 Å². The van der Waals surface area contributed by atoms with E-state index >= 15 is 0 Å². The van der Waals surface area contributed by atoms with Crippen LogP contribution >= 0.6 is 0 Å². The molecule has 0 saturated carbocycles. The zero-order valence-corrected chi connectivity index (χ0v) is 8.69. The summed E-state index contributed by atoms with van der Waals surface area (Å²) in [5, 5.41) is 17.1. The normalized spacial score (nSPS) is 14.7. The fourth-order valence-electron chi connectivity index (χ4n) is 1.56. The Labute approximate surface area is 83.9 Å². The van der Waals surface area contributed by atoms with Crippen LogP contribution in [-0.2, 0) is 9.59 Å². The number of carboxylic acid groups (broad SMARTS) is 2. The fraction of sp³-hybridized carbons (Fsp3) is 0.800. The van der Waals surface area contributed by atoms with Gasteiger partial charge in [0, 0.05) is 12.8 Å². The molecule has 4 nitrogen and oxygen atoms in total. The Hall–Kier alpha value is -1.06. The number of carboxylic acids is 2. The summed E-state index contributed by atoms with van der Waals surface area (Å²) in [6.45, 7) is 3.85. The molecular weight excluding hydrogens is 184 g/mol. The average Bonchev–Trinajstić information content (AvgIpc) is 2.09. The third-order valence-corrected chi connectivity index (χ3v) is 2.58. The van der Waals surface area contributed by atoms with Crippen molar-refractivity contribution in [2.45, 2.75) is 39.5 Å². The van der Waals surface area contributed by atoms with Gasteiger partial charge in [0.05, 0.1) is 0 Å². The smallest absolute Gasteiger partial charge is 0.303 e. The lowest BCUT2D eigenvalue weighted by molar-refractivity contribution is -0.138. The van der Waals surface area contributed by atoms with Crippen molar-refractivity contribution in [1.82, 2.24) is 0 Å². The van der Waals surface area contributed by atoms with Crippen molar-refractivity contribution in [3.05, 3.63) is 0 Å². The van der Waals surface area contributed by atoms with Crippen LogP contribution in [0.4, 0.5) is 0 Å². The summed E-state index contributed by atoms with van der Waals surface area (Å²) in [6, 6.07) is 0. The van der Waals surface area contributed by atoms with Crippen molar-refractivity contribution >= 4 is 11.9 Å². The van der Waals surface area contributed by atoms with Crippen molar-refractivity contribution in [1.29, 1.82) is 0 Å². The van der Waals surface area contributed by atoms with Gasteiger partial charge in [0.2, 0.25) is 0 Å². The zero-order chi connectivity index (χ0) is 11.1. The van der Waals surface area contributed by atoms with Crippen LogP contribution in [0.15, 0.2) is 0 Å². The first kappa shape index (κ1) is 12.9. The summed E-state index contributed by atoms with van der Waals surface area (Å²) < 4.78 is 0. The highest BCUT2D eigenvalue weighted by molar-refractivity contribution is 5.67. The predicted molar refractivity (Wildman–Crippen MR) is 52.1 cm³/mol. The summed E-state index contributed by atoms with van der Waals surface area (Å²) in [4.78, 5) is 20.8. The molecule has 0 aliphatic carbocycles. The Morgan fingerprint density at radius 1 is 1.21 bits per heavy atom. The molecule has 4 heteroatoms. The monoisotopic (exact) mass is 202 g/mol. The molecule has 2 atom stereocenters. The summed E-state index contributed by atoms with van der Waals surface area (Å²) in [6.07, 6.45) is 1.60. The van der Waals surface area contributed by atoms with E-state index < -0.39 is 11.9 Å². The molecule has 0 amide bonds. The largest absolute Gasteiger partial charge is 0.481 e. The summed E-state index contributed by atoms with van der Waals surface area (Å²) >= 11 is 0. The van der Waals surface area contributed by atoms with E-state index in [1.165, 1.54) is 0 Å². The lowest BCUT2D eigenvalue weighted by Crippen LogP contribution is -2.16. The maximum absolute atomic E-state index is 10.5. The molecule has 0 saturated heterocycles. The van der Waals surface area contributed by atoms with Gasteiger partial charge in [0.25, 0.3) is 0 Å². The highest BCUT2D eigenvalue weighted by atomic mass is 16.4. The zero-order valence-electron chi connectivity index (χ0n) is 8.69. The van der Waals surface area contributed by atoms with Crippen molar-refractivity contribution in [2.75, 3.05) is 0 Å². The van der Waals surface area contributed by atoms with Crippen LogP contribution in [0, 0.1) is 11.8 Å². The maximum atomic E-state index is 10.5. The van der Waals surface area contributed by atoms with Gasteiger partial charge in [-0.3, -0.25) is 9.59 Å². The summed E-state index contributed by atoms with van der Waals surface area (Å²) in [5.41, 5.74) is 0. The number of carbonyl (C=O) groups is 2. The third kappa shape index (κ3) is 5.56. The Bertz CT molecular complexity index is 200. The Morgan fingerprint density at radius 3 is 2.14 bits per heavy atom. The van der Waals surface area contributed by atoms with Gasteiger partial charge in [-0.1, -0.05) is 20.3 Å². The molecule has 0 heterocycles. The van der Waals surface area contributed by atoms with E-state index in [0.29, 0.717) is 6.42 Å². The molecule has 2 unspecified atom stereocenters. The standard InChI is InChI=1S/C10H18O4/c1-3-8(6-10(13)14)7(2)4-5-9(11)12/h7-8H,3-6H2,1-2H3,(H,11,12)(H,13,14). The third-order valence-electron chi connectivity index (χ3n) is 2.58. The molecule has 0 aromatic heterocycles. The molecule has 2 N–H and O–H groups in total. The van der Waals surface area contributed by atoms with Crippen LogP contribution in [0.25, 0.3) is 0 Å². The molecule has 0 fully saturated rings. The van der Waals surface area contributed by atoms with E-state index in [0.717, 1.165) is 6.42 Å². The van der Waals surface area contributed by atoms with Crippen LogP contribution in [0.2, 0.25) is 0 Å². The van der Waals surface area contributed by atoms with Gasteiger partial charge in [-0.2, -0.15) is 0 Å². The molecule has 0 spiro atoms. The van der Waals surface area contributed by atoms with Crippen molar-refractivity contribution in [3.8, 4) is 0 Å². The van der Waals surface area contributed by atoms with Gasteiger partial charge in [-0.15, -0.1) is 0 Å². The molecular formula is C10H18O4. The highest BCUT2D eigenvalue weighted by Crippen LogP contribution is 2.23. The molecule has 0 aromatic rings. The summed E-state index contributed by atoms with van der Waals surface area (Å²) in [5.74, 6) is -1.37. The van der Waals surface area contributed by atoms with Crippen LogP contribution in [0.1, 0.15) is 39.5 Å². The first-order valence-corrected chi connectivity index (χ1v) is 4.91. The Kier molecular flexibility index (Phi) is 5.92. The highest BCUT2D eigenvalue weighted by Gasteiger charge is 2.19. The van der Waals surface area contributed by atoms with Crippen molar-refractivity contribution < 1.29 is 19.8 Å². The first-order valence-electron chi connectivity index (χ1n) is 4.91. The molecule has 0 aromatic carbocycles. The van der Waals surface area contributed by atoms with Gasteiger partial charge < -0.3 is 10.2 Å². The minimum Gasteiger partial charge on any atom is -0.481 e. The second-order valence-electron chi connectivity index (χ2n) is 3.68. The second kappa shape index (κ2) is 6.40. The first-order chi connectivity index (χ1) is 6.47. The van der Waals surface area contributed by atoms with Crippen molar-refractivity contribution in [2.24, 2.45) is 11.8 Å². The van der Waals surface area contributed by atoms with Gasteiger partial charge in [-0.05, 0) is 18.3 Å². The minimum absolute atomic E-state index is 0.0897. The van der Waals surface area contributed by atoms with Gasteiger partial charge in [0.1, 0.15) is 0 Å². The fourth-order valence-corrected chi connectivity index (χ4v) is 1.56. The van der Waals surface area contributed by atoms with Crippen LogP contribution < -0.4 is 0 Å². The predicted octanol–water partition coefficient (Wildman–Crippen LogP) is 1.99. The number of rotatable bonds is 7. The Morgan fingerprint density at radius 2 is 1.79 bits per heavy atom. The second-order valence-corrected chi connectivity index (χ2v) is 3.68. The molecule has 0 aliphatic heterocycles. The van der Waals surface area contributed by atoms with E-state index in [1.54, 1.807) is 0 Å². The van der Waals surface area contributed by atoms with E-state index in [1.807, 2.05) is 13.8 Å². The molecule has 0 rings (SSSR count). The molecule has 0 aliphatic rings.